The molecule has 1 amide bonds. The molecule has 0 saturated heterocycles. The molecule has 0 aromatic heterocycles. The second-order valence-electron chi connectivity index (χ2n) is 6.88. The van der Waals surface area contributed by atoms with Crippen molar-refractivity contribution in [2.24, 2.45) is 0 Å². The van der Waals surface area contributed by atoms with Crippen LogP contribution in [0.15, 0.2) is 18.2 Å². The van der Waals surface area contributed by atoms with Gasteiger partial charge in [0.2, 0.25) is 15.9 Å². The normalized spacial score (nSPS) is 15.6. The summed E-state index contributed by atoms with van der Waals surface area (Å²) in [5, 5.41) is 2.84. The molecule has 0 bridgehead atoms. The average molecular weight is 399 g/mol. The van der Waals surface area contributed by atoms with Gasteiger partial charge in [-0.05, 0) is 30.5 Å². The lowest BCUT2D eigenvalue weighted by Crippen LogP contribution is -2.42. The van der Waals surface area contributed by atoms with Crippen molar-refractivity contribution in [3.63, 3.8) is 0 Å². The fraction of sp³-hybridized carbons (Fsp3) is 0.632. The molecule has 0 atom stereocenters. The van der Waals surface area contributed by atoms with Crippen LogP contribution in [0.2, 0.25) is 0 Å². The van der Waals surface area contributed by atoms with Crippen molar-refractivity contribution < 1.29 is 22.7 Å². The van der Waals surface area contributed by atoms with Gasteiger partial charge in [0.1, 0.15) is 0 Å². The van der Waals surface area contributed by atoms with Gasteiger partial charge in [-0.3, -0.25) is 4.79 Å². The Morgan fingerprint density at radius 3 is 2.41 bits per heavy atom. The van der Waals surface area contributed by atoms with E-state index in [1.807, 2.05) is 12.1 Å². The largest absolute Gasteiger partial charge is 0.493 e. The molecule has 1 aromatic rings. The summed E-state index contributed by atoms with van der Waals surface area (Å²) in [7, 11) is -0.192. The topological polar surface area (TPSA) is 84.9 Å². The minimum Gasteiger partial charge on any atom is -0.493 e. The zero-order valence-electron chi connectivity index (χ0n) is 16.4. The number of nitrogens with one attached hydrogen (secondary N) is 1. The van der Waals surface area contributed by atoms with Crippen molar-refractivity contribution in [1.82, 2.24) is 9.62 Å². The lowest BCUT2D eigenvalue weighted by molar-refractivity contribution is -0.121. The highest BCUT2D eigenvalue weighted by atomic mass is 32.2. The molecule has 2 rings (SSSR count). The molecular formula is C19H30N2O5S. The predicted molar refractivity (Wildman–Crippen MR) is 104 cm³/mol. The Balaban J connectivity index is 1.89. The van der Waals surface area contributed by atoms with Gasteiger partial charge in [-0.1, -0.05) is 25.3 Å². The van der Waals surface area contributed by atoms with E-state index in [9.17, 15) is 13.2 Å². The second kappa shape index (κ2) is 9.94. The van der Waals surface area contributed by atoms with Crippen LogP contribution in [0.5, 0.6) is 11.5 Å². The van der Waals surface area contributed by atoms with Crippen LogP contribution in [-0.2, 0) is 21.4 Å². The Kier molecular flexibility index (Phi) is 7.91. The molecule has 0 spiro atoms. The summed E-state index contributed by atoms with van der Waals surface area (Å²) < 4.78 is 36.2. The van der Waals surface area contributed by atoms with Crippen LogP contribution < -0.4 is 14.8 Å². The first-order chi connectivity index (χ1) is 12.8. The molecular weight excluding hydrogens is 368 g/mol. The van der Waals surface area contributed by atoms with E-state index in [4.69, 9.17) is 9.47 Å². The number of carbonyl (C=O) groups is 1. The zero-order valence-corrected chi connectivity index (χ0v) is 17.2. The third kappa shape index (κ3) is 6.39. The van der Waals surface area contributed by atoms with Crippen LogP contribution in [-0.4, -0.2) is 51.7 Å². The van der Waals surface area contributed by atoms with E-state index < -0.39 is 10.0 Å². The van der Waals surface area contributed by atoms with Crippen LogP contribution in [0.4, 0.5) is 0 Å². The molecule has 27 heavy (non-hydrogen) atoms. The smallest absolute Gasteiger partial charge is 0.221 e. The maximum atomic E-state index is 12.2. The van der Waals surface area contributed by atoms with E-state index in [2.05, 4.69) is 5.32 Å². The SMILES string of the molecule is COc1ccc(CNC(=O)CCN(C2CCCCC2)S(C)(=O)=O)cc1OC. The number of amides is 1. The molecule has 1 aliphatic rings. The van der Waals surface area contributed by atoms with E-state index in [0.717, 1.165) is 37.7 Å². The Morgan fingerprint density at radius 1 is 1.15 bits per heavy atom. The fourth-order valence-electron chi connectivity index (χ4n) is 3.48. The molecule has 1 aromatic carbocycles. The second-order valence-corrected chi connectivity index (χ2v) is 8.82. The van der Waals surface area contributed by atoms with E-state index in [0.29, 0.717) is 18.0 Å². The van der Waals surface area contributed by atoms with Gasteiger partial charge in [-0.2, -0.15) is 4.31 Å². The molecule has 1 fully saturated rings. The Morgan fingerprint density at radius 2 is 1.81 bits per heavy atom. The van der Waals surface area contributed by atoms with Crippen molar-refractivity contribution in [2.75, 3.05) is 27.0 Å². The van der Waals surface area contributed by atoms with Gasteiger partial charge in [-0.25, -0.2) is 8.42 Å². The zero-order chi connectivity index (χ0) is 19.9. The Hall–Kier alpha value is -1.80. The summed E-state index contributed by atoms with van der Waals surface area (Å²) in [6.07, 6.45) is 6.37. The lowest BCUT2D eigenvalue weighted by Gasteiger charge is -2.32. The first-order valence-electron chi connectivity index (χ1n) is 9.29. The number of hydrogen-bond donors (Lipinski definition) is 1. The highest BCUT2D eigenvalue weighted by Gasteiger charge is 2.28. The van der Waals surface area contributed by atoms with Gasteiger partial charge in [0.25, 0.3) is 0 Å². The Bertz CT molecular complexity index is 730. The van der Waals surface area contributed by atoms with Crippen molar-refractivity contribution in [2.45, 2.75) is 51.1 Å². The fourth-order valence-corrected chi connectivity index (χ4v) is 4.65. The summed E-state index contributed by atoms with van der Waals surface area (Å²) in [5.41, 5.74) is 0.883. The number of hydrogen-bond acceptors (Lipinski definition) is 5. The molecule has 7 nitrogen and oxygen atoms in total. The molecule has 0 unspecified atom stereocenters. The number of rotatable bonds is 9. The van der Waals surface area contributed by atoms with E-state index >= 15 is 0 Å². The summed E-state index contributed by atoms with van der Waals surface area (Å²) in [5.74, 6) is 1.06. The molecule has 0 radical (unpaired) electrons. The van der Waals surface area contributed by atoms with Gasteiger partial charge >= 0.3 is 0 Å². The monoisotopic (exact) mass is 398 g/mol. The van der Waals surface area contributed by atoms with Gasteiger partial charge in [0.05, 0.1) is 20.5 Å². The third-order valence-corrected chi connectivity index (χ3v) is 6.24. The first-order valence-corrected chi connectivity index (χ1v) is 11.1. The predicted octanol–water partition coefficient (Wildman–Crippen LogP) is 2.30. The summed E-state index contributed by atoms with van der Waals surface area (Å²) in [6, 6.07) is 5.47. The van der Waals surface area contributed by atoms with Crippen molar-refractivity contribution in [3.05, 3.63) is 23.8 Å². The number of methoxy groups -OCH3 is 2. The van der Waals surface area contributed by atoms with Gasteiger partial charge in [0, 0.05) is 25.6 Å². The van der Waals surface area contributed by atoms with Crippen molar-refractivity contribution in [3.8, 4) is 11.5 Å². The Labute approximate surface area is 162 Å². The third-order valence-electron chi connectivity index (χ3n) is 4.90. The molecule has 1 aliphatic carbocycles. The van der Waals surface area contributed by atoms with E-state index in [1.165, 1.54) is 10.6 Å². The highest BCUT2D eigenvalue weighted by molar-refractivity contribution is 7.88. The molecule has 152 valence electrons. The van der Waals surface area contributed by atoms with Crippen LogP contribution >= 0.6 is 0 Å². The molecule has 8 heteroatoms. The minimum atomic E-state index is -3.32. The lowest BCUT2D eigenvalue weighted by atomic mass is 9.95. The van der Waals surface area contributed by atoms with E-state index in [1.54, 1.807) is 20.3 Å². The van der Waals surface area contributed by atoms with Gasteiger partial charge < -0.3 is 14.8 Å². The van der Waals surface area contributed by atoms with Crippen LogP contribution in [0.25, 0.3) is 0 Å². The molecule has 1 N–H and O–H groups in total. The number of benzene rings is 1. The maximum absolute atomic E-state index is 12.2. The highest BCUT2D eigenvalue weighted by Crippen LogP contribution is 2.27. The summed E-state index contributed by atoms with van der Waals surface area (Å²) in [4.78, 5) is 12.2. The van der Waals surface area contributed by atoms with Crippen LogP contribution in [0, 0.1) is 0 Å². The summed E-state index contributed by atoms with van der Waals surface area (Å²) in [6.45, 7) is 0.572. The quantitative estimate of drug-likeness (QED) is 0.690. The summed E-state index contributed by atoms with van der Waals surface area (Å²) >= 11 is 0. The standard InChI is InChI=1S/C19H30N2O5S/c1-25-17-10-9-15(13-18(17)26-2)14-20-19(22)11-12-21(27(3,23)24)16-7-5-4-6-8-16/h9-10,13,16H,4-8,11-12,14H2,1-3H3,(H,20,22). The van der Waals surface area contributed by atoms with Crippen molar-refractivity contribution >= 4 is 15.9 Å². The number of carbonyl (C=O) groups excluding carboxylic acids is 1. The minimum absolute atomic E-state index is 0.0207. The molecule has 1 saturated carbocycles. The van der Waals surface area contributed by atoms with Gasteiger partial charge in [-0.15, -0.1) is 0 Å². The first kappa shape index (κ1) is 21.5. The van der Waals surface area contributed by atoms with Crippen LogP contribution in [0.3, 0.4) is 0 Å². The van der Waals surface area contributed by atoms with Crippen LogP contribution in [0.1, 0.15) is 44.1 Å². The number of ether oxygens (including phenoxy) is 2. The number of sulfonamides is 1. The average Bonchev–Trinajstić information content (AvgIpc) is 2.66. The molecule has 0 heterocycles. The molecule has 0 aliphatic heterocycles. The van der Waals surface area contributed by atoms with Gasteiger partial charge in [0.15, 0.2) is 11.5 Å². The number of nitrogens with zero attached hydrogens (tertiary/aromatic N) is 1. The van der Waals surface area contributed by atoms with Crippen molar-refractivity contribution in [1.29, 1.82) is 0 Å². The van der Waals surface area contributed by atoms with E-state index in [-0.39, 0.29) is 24.9 Å². The maximum Gasteiger partial charge on any atom is 0.221 e.